The summed E-state index contributed by atoms with van der Waals surface area (Å²) in [5.41, 5.74) is 0.535. The van der Waals surface area contributed by atoms with E-state index in [4.69, 9.17) is 5.26 Å². The Bertz CT molecular complexity index is 627. The van der Waals surface area contributed by atoms with Crippen molar-refractivity contribution in [3.63, 3.8) is 0 Å². The zero-order valence-electron chi connectivity index (χ0n) is 13.5. The molecular formula is C18H21N3O3. The van der Waals surface area contributed by atoms with Gasteiger partial charge in [0.25, 0.3) is 5.91 Å². The highest BCUT2D eigenvalue weighted by atomic mass is 16.2. The molecule has 0 aliphatic heterocycles. The molecular weight excluding hydrogens is 306 g/mol. The lowest BCUT2D eigenvalue weighted by atomic mass is 9.79. The van der Waals surface area contributed by atoms with Gasteiger partial charge < -0.3 is 10.6 Å². The van der Waals surface area contributed by atoms with Crippen LogP contribution in [0.5, 0.6) is 0 Å². The Balaban J connectivity index is 1.99. The van der Waals surface area contributed by atoms with E-state index in [2.05, 4.69) is 10.6 Å². The molecule has 1 aromatic rings. The second kappa shape index (κ2) is 8.82. The highest BCUT2D eigenvalue weighted by Crippen LogP contribution is 2.28. The van der Waals surface area contributed by atoms with Crippen LogP contribution in [-0.2, 0) is 9.59 Å². The molecule has 0 bridgehead atoms. The lowest BCUT2D eigenvalue weighted by molar-refractivity contribution is -0.129. The maximum atomic E-state index is 12.3. The third-order valence-electron chi connectivity index (χ3n) is 4.35. The number of amides is 2. The van der Waals surface area contributed by atoms with E-state index < -0.39 is 5.92 Å². The number of rotatable bonds is 6. The van der Waals surface area contributed by atoms with Gasteiger partial charge in [0, 0.05) is 24.9 Å². The van der Waals surface area contributed by atoms with Crippen LogP contribution < -0.4 is 10.6 Å². The third kappa shape index (κ3) is 4.92. The molecule has 2 N–H and O–H groups in total. The van der Waals surface area contributed by atoms with E-state index in [0.29, 0.717) is 31.2 Å². The Labute approximate surface area is 141 Å². The van der Waals surface area contributed by atoms with Gasteiger partial charge in [-0.3, -0.25) is 14.4 Å². The number of nitrogens with one attached hydrogen (secondary N) is 2. The van der Waals surface area contributed by atoms with Gasteiger partial charge >= 0.3 is 0 Å². The zero-order chi connectivity index (χ0) is 17.4. The van der Waals surface area contributed by atoms with Crippen molar-refractivity contribution in [3.8, 4) is 6.07 Å². The summed E-state index contributed by atoms with van der Waals surface area (Å²) in [6.45, 7) is 0.136. The first kappa shape index (κ1) is 17.7. The Morgan fingerprint density at radius 1 is 1.17 bits per heavy atom. The molecule has 0 aromatic heterocycles. The van der Waals surface area contributed by atoms with Crippen molar-refractivity contribution in [2.75, 3.05) is 13.1 Å². The number of nitrogens with zero attached hydrogens (tertiary/aromatic N) is 1. The topological polar surface area (TPSA) is 99.1 Å². The lowest BCUT2D eigenvalue weighted by Gasteiger charge is -2.29. The molecule has 6 heteroatoms. The van der Waals surface area contributed by atoms with Gasteiger partial charge in [-0.25, -0.2) is 0 Å². The fourth-order valence-electron chi connectivity index (χ4n) is 2.99. The predicted molar refractivity (Wildman–Crippen MR) is 87.9 cm³/mol. The summed E-state index contributed by atoms with van der Waals surface area (Å²) in [4.78, 5) is 35.9. The van der Waals surface area contributed by atoms with E-state index >= 15 is 0 Å². The maximum absolute atomic E-state index is 12.3. The number of nitriles is 1. The van der Waals surface area contributed by atoms with E-state index in [1.807, 2.05) is 12.1 Å². The Kier molecular flexibility index (Phi) is 6.50. The van der Waals surface area contributed by atoms with Crippen LogP contribution in [0.15, 0.2) is 30.3 Å². The maximum Gasteiger partial charge on any atom is 0.251 e. The monoisotopic (exact) mass is 327 g/mol. The Morgan fingerprint density at radius 2 is 1.83 bits per heavy atom. The Hall–Kier alpha value is -2.68. The van der Waals surface area contributed by atoms with Crippen LogP contribution in [0.25, 0.3) is 0 Å². The highest BCUT2D eigenvalue weighted by molar-refractivity contribution is 5.94. The number of carbonyl (C=O) groups excluding carboxylic acids is 3. The molecule has 24 heavy (non-hydrogen) atoms. The van der Waals surface area contributed by atoms with Crippen molar-refractivity contribution in [1.29, 1.82) is 5.26 Å². The van der Waals surface area contributed by atoms with E-state index in [0.717, 1.165) is 0 Å². The highest BCUT2D eigenvalue weighted by Gasteiger charge is 2.31. The number of hydrogen-bond donors (Lipinski definition) is 2. The summed E-state index contributed by atoms with van der Waals surface area (Å²) in [5.74, 6) is -0.655. The number of ketones is 1. The smallest absolute Gasteiger partial charge is 0.251 e. The van der Waals surface area contributed by atoms with E-state index in [-0.39, 0.29) is 36.6 Å². The molecule has 2 rings (SSSR count). The van der Waals surface area contributed by atoms with Crippen LogP contribution in [0.2, 0.25) is 0 Å². The number of Topliss-reactive ketones (excluding diaryl/α,β-unsaturated/α-hetero) is 1. The van der Waals surface area contributed by atoms with E-state index in [1.54, 1.807) is 24.3 Å². The molecule has 1 fully saturated rings. The summed E-state index contributed by atoms with van der Waals surface area (Å²) in [6.07, 6.45) is 2.23. The normalized spacial score (nSPS) is 16.0. The first-order valence-electron chi connectivity index (χ1n) is 8.11. The molecule has 0 spiro atoms. The molecule has 126 valence electrons. The van der Waals surface area contributed by atoms with Gasteiger partial charge in [-0.15, -0.1) is 0 Å². The number of carbonyl (C=O) groups is 3. The minimum atomic E-state index is -0.431. The van der Waals surface area contributed by atoms with Gasteiger partial charge in [0.05, 0.1) is 12.0 Å². The SMILES string of the molecule is N#CCNC(=O)C(CNC(=O)c1ccccc1)C1CCC(=O)CC1. The number of hydrogen-bond acceptors (Lipinski definition) is 4. The second-order valence-electron chi connectivity index (χ2n) is 5.93. The first-order chi connectivity index (χ1) is 11.6. The van der Waals surface area contributed by atoms with Crippen LogP contribution in [0, 0.1) is 23.2 Å². The average molecular weight is 327 g/mol. The van der Waals surface area contributed by atoms with Gasteiger partial charge in [-0.2, -0.15) is 5.26 Å². The zero-order valence-corrected chi connectivity index (χ0v) is 13.5. The lowest BCUT2D eigenvalue weighted by Crippen LogP contribution is -2.43. The van der Waals surface area contributed by atoms with Gasteiger partial charge in [0.2, 0.25) is 5.91 Å². The predicted octanol–water partition coefficient (Wildman–Crippen LogP) is 1.43. The standard InChI is InChI=1S/C18H21N3O3/c19-10-11-20-18(24)16(13-6-8-15(22)9-7-13)12-21-17(23)14-4-2-1-3-5-14/h1-5,13,16H,6-9,11-12H2,(H,20,24)(H,21,23). The quantitative estimate of drug-likeness (QED) is 0.772. The van der Waals surface area contributed by atoms with Crippen molar-refractivity contribution in [1.82, 2.24) is 10.6 Å². The largest absolute Gasteiger partial charge is 0.351 e. The minimum Gasteiger partial charge on any atom is -0.351 e. The third-order valence-corrected chi connectivity index (χ3v) is 4.35. The fraction of sp³-hybridized carbons (Fsp3) is 0.444. The molecule has 6 nitrogen and oxygen atoms in total. The van der Waals surface area contributed by atoms with Crippen LogP contribution in [-0.4, -0.2) is 30.7 Å². The van der Waals surface area contributed by atoms with Crippen LogP contribution >= 0.6 is 0 Å². The number of benzene rings is 1. The van der Waals surface area contributed by atoms with Crippen LogP contribution in [0.3, 0.4) is 0 Å². The summed E-state index contributed by atoms with van der Waals surface area (Å²) in [5, 5.41) is 14.0. The molecule has 1 aliphatic carbocycles. The molecule has 0 saturated heterocycles. The van der Waals surface area contributed by atoms with Crippen molar-refractivity contribution in [2.24, 2.45) is 11.8 Å². The van der Waals surface area contributed by atoms with Gasteiger partial charge in [0.15, 0.2) is 0 Å². The fourth-order valence-corrected chi connectivity index (χ4v) is 2.99. The van der Waals surface area contributed by atoms with Crippen molar-refractivity contribution in [3.05, 3.63) is 35.9 Å². The summed E-state index contributed by atoms with van der Waals surface area (Å²) >= 11 is 0. The van der Waals surface area contributed by atoms with E-state index in [1.165, 1.54) is 0 Å². The van der Waals surface area contributed by atoms with Crippen molar-refractivity contribution >= 4 is 17.6 Å². The van der Waals surface area contributed by atoms with Crippen LogP contribution in [0.4, 0.5) is 0 Å². The van der Waals surface area contributed by atoms with Crippen LogP contribution in [0.1, 0.15) is 36.0 Å². The van der Waals surface area contributed by atoms with Gasteiger partial charge in [-0.05, 0) is 30.9 Å². The molecule has 1 unspecified atom stereocenters. The average Bonchev–Trinajstić information content (AvgIpc) is 2.62. The van der Waals surface area contributed by atoms with Crippen molar-refractivity contribution in [2.45, 2.75) is 25.7 Å². The molecule has 1 aromatic carbocycles. The molecule has 0 heterocycles. The van der Waals surface area contributed by atoms with Crippen molar-refractivity contribution < 1.29 is 14.4 Å². The summed E-state index contributed by atoms with van der Waals surface area (Å²) in [6, 6.07) is 10.7. The Morgan fingerprint density at radius 3 is 2.46 bits per heavy atom. The molecule has 0 radical (unpaired) electrons. The van der Waals surface area contributed by atoms with Gasteiger partial charge in [0.1, 0.15) is 12.3 Å². The molecule has 1 aliphatic rings. The second-order valence-corrected chi connectivity index (χ2v) is 5.93. The first-order valence-corrected chi connectivity index (χ1v) is 8.11. The molecule has 1 saturated carbocycles. The van der Waals surface area contributed by atoms with Gasteiger partial charge in [-0.1, -0.05) is 18.2 Å². The summed E-state index contributed by atoms with van der Waals surface area (Å²) in [7, 11) is 0. The molecule has 1 atom stereocenters. The molecule has 2 amide bonds. The summed E-state index contributed by atoms with van der Waals surface area (Å²) < 4.78 is 0. The minimum absolute atomic E-state index is 0.0393. The van der Waals surface area contributed by atoms with E-state index in [9.17, 15) is 14.4 Å².